The van der Waals surface area contributed by atoms with E-state index in [2.05, 4.69) is 36.0 Å². The Kier molecular flexibility index (Phi) is 10.7. The molecule has 2 amide bonds. The molecule has 3 heterocycles. The predicted octanol–water partition coefficient (Wildman–Crippen LogP) is 2.89. The molecule has 0 spiro atoms. The van der Waals surface area contributed by atoms with E-state index < -0.39 is 23.6 Å². The molecule has 0 bridgehead atoms. The van der Waals surface area contributed by atoms with Gasteiger partial charge in [-0.25, -0.2) is 0 Å². The van der Waals surface area contributed by atoms with Crippen LogP contribution >= 0.6 is 0 Å². The first kappa shape index (κ1) is 31.1. The van der Waals surface area contributed by atoms with E-state index in [0.717, 1.165) is 23.9 Å². The molecule has 4 aromatic rings. The molecule has 1 aromatic carbocycles. The van der Waals surface area contributed by atoms with Gasteiger partial charge in [-0.05, 0) is 42.7 Å². The fourth-order valence-corrected chi connectivity index (χ4v) is 4.00. The summed E-state index contributed by atoms with van der Waals surface area (Å²) in [5.74, 6) is -0.225. The van der Waals surface area contributed by atoms with Gasteiger partial charge < -0.3 is 19.7 Å². The van der Waals surface area contributed by atoms with Gasteiger partial charge in [-0.2, -0.15) is 28.6 Å². The highest BCUT2D eigenvalue weighted by Crippen LogP contribution is 2.29. The summed E-state index contributed by atoms with van der Waals surface area (Å²) in [5, 5.41) is 20.5. The number of benzene rings is 1. The number of hydrogen-bond acceptors (Lipinski definition) is 9. The fraction of sp³-hybridized carbons (Fsp3) is 0.370. The highest BCUT2D eigenvalue weighted by atomic mass is 19.4. The molecule has 0 saturated carbocycles. The van der Waals surface area contributed by atoms with E-state index in [1.54, 1.807) is 7.11 Å². The van der Waals surface area contributed by atoms with Gasteiger partial charge in [0.05, 0.1) is 36.8 Å². The van der Waals surface area contributed by atoms with Crippen LogP contribution in [0.2, 0.25) is 0 Å². The summed E-state index contributed by atoms with van der Waals surface area (Å²) >= 11 is 0. The Morgan fingerprint density at radius 3 is 2.74 bits per heavy atom. The molecule has 0 unspecified atom stereocenters. The van der Waals surface area contributed by atoms with Crippen molar-refractivity contribution in [2.24, 2.45) is 0 Å². The second-order valence-electron chi connectivity index (χ2n) is 9.36. The molecule has 228 valence electrons. The zero-order chi connectivity index (χ0) is 30.7. The lowest BCUT2D eigenvalue weighted by Crippen LogP contribution is -2.32. The topological polar surface area (TPSA) is 153 Å². The van der Waals surface area contributed by atoms with Gasteiger partial charge in [-0.1, -0.05) is 17.3 Å². The normalized spacial score (nSPS) is 11.3. The number of alkyl halides is 3. The smallest absolute Gasteiger partial charge is 0.416 e. The molecule has 16 heteroatoms. The summed E-state index contributed by atoms with van der Waals surface area (Å²) in [6.07, 6.45) is 0.308. The minimum atomic E-state index is -4.53. The first-order valence-electron chi connectivity index (χ1n) is 13.3. The Bertz CT molecular complexity index is 1480. The maximum Gasteiger partial charge on any atom is 0.416 e. The van der Waals surface area contributed by atoms with Gasteiger partial charge in [0.1, 0.15) is 12.4 Å². The van der Waals surface area contributed by atoms with Crippen LogP contribution in [-0.4, -0.2) is 79.0 Å². The summed E-state index contributed by atoms with van der Waals surface area (Å²) in [6.45, 7) is 1.61. The zero-order valence-corrected chi connectivity index (χ0v) is 23.3. The first-order chi connectivity index (χ1) is 20.7. The third kappa shape index (κ3) is 9.32. The zero-order valence-electron chi connectivity index (χ0n) is 23.3. The van der Waals surface area contributed by atoms with Crippen molar-refractivity contribution in [2.75, 3.05) is 26.9 Å². The molecular formula is C27H30F3N9O4. The minimum absolute atomic E-state index is 0.0317. The highest BCUT2D eigenvalue weighted by molar-refractivity contribution is 5.92. The van der Waals surface area contributed by atoms with Gasteiger partial charge in [0.2, 0.25) is 0 Å². The average molecular weight is 602 g/mol. The van der Waals surface area contributed by atoms with Crippen LogP contribution in [0.3, 0.4) is 0 Å². The van der Waals surface area contributed by atoms with Crippen molar-refractivity contribution in [3.63, 3.8) is 0 Å². The molecule has 0 atom stereocenters. The van der Waals surface area contributed by atoms with Gasteiger partial charge in [0.15, 0.2) is 11.4 Å². The van der Waals surface area contributed by atoms with Crippen LogP contribution in [0.25, 0.3) is 0 Å². The Morgan fingerprint density at radius 2 is 1.98 bits per heavy atom. The van der Waals surface area contributed by atoms with E-state index in [4.69, 9.17) is 9.47 Å². The van der Waals surface area contributed by atoms with E-state index in [9.17, 15) is 22.8 Å². The number of nitrogens with one attached hydrogen (secondary N) is 2. The van der Waals surface area contributed by atoms with E-state index in [1.165, 1.54) is 22.0 Å². The van der Waals surface area contributed by atoms with Crippen molar-refractivity contribution in [3.8, 4) is 5.75 Å². The second-order valence-corrected chi connectivity index (χ2v) is 9.36. The Morgan fingerprint density at radius 1 is 1.12 bits per heavy atom. The summed E-state index contributed by atoms with van der Waals surface area (Å²) in [4.78, 5) is 30.9. The van der Waals surface area contributed by atoms with Gasteiger partial charge in [-0.3, -0.25) is 19.3 Å². The molecule has 0 fully saturated rings. The largest absolute Gasteiger partial charge is 0.491 e. The number of aromatic amines is 1. The summed E-state index contributed by atoms with van der Waals surface area (Å²) < 4.78 is 51.5. The lowest BCUT2D eigenvalue weighted by molar-refractivity contribution is -0.137. The number of rotatable bonds is 15. The van der Waals surface area contributed by atoms with Gasteiger partial charge in [-0.15, -0.1) is 5.10 Å². The number of amides is 2. The Hall–Kier alpha value is -4.86. The summed E-state index contributed by atoms with van der Waals surface area (Å²) in [6, 6.07) is 9.12. The van der Waals surface area contributed by atoms with Crippen molar-refractivity contribution in [2.45, 2.75) is 38.7 Å². The number of aryl methyl sites for hydroxylation is 1. The third-order valence-electron chi connectivity index (χ3n) is 6.16. The molecule has 0 aliphatic rings. The number of aromatic nitrogens is 7. The SMILES string of the molecule is COCCOc1cccc(CNC(=O)c2cn(CCCCN(Cc3cc(C(F)(F)F)ccn3)C(=O)c3cn[nH]n3)nn2)c1. The number of ether oxygens (including phenoxy) is 2. The minimum Gasteiger partial charge on any atom is -0.491 e. The number of methoxy groups -OCH3 is 1. The molecule has 43 heavy (non-hydrogen) atoms. The number of carbonyl (C=O) groups is 2. The second kappa shape index (κ2) is 14.9. The molecule has 0 radical (unpaired) electrons. The standard InChI is InChI=1S/C27H30F3N9O4/c1-42-11-12-43-22-6-4-5-19(13-22)15-32-25(40)24-18-39(37-35-24)10-3-2-9-38(26(41)23-16-33-36-34-23)17-21-14-20(7-8-31-21)27(28,29)30/h4-8,13-14,16,18H,2-3,9-12,15,17H2,1H3,(H,32,40)(H,33,34,36). The van der Waals surface area contributed by atoms with Crippen LogP contribution in [0, 0.1) is 0 Å². The van der Waals surface area contributed by atoms with Crippen molar-refractivity contribution in [1.82, 2.24) is 45.6 Å². The van der Waals surface area contributed by atoms with Crippen molar-refractivity contribution in [3.05, 3.63) is 83.2 Å². The third-order valence-corrected chi connectivity index (χ3v) is 6.16. The monoisotopic (exact) mass is 601 g/mol. The van der Waals surface area contributed by atoms with Crippen molar-refractivity contribution >= 4 is 11.8 Å². The van der Waals surface area contributed by atoms with Crippen LogP contribution in [0.1, 0.15) is 50.6 Å². The summed E-state index contributed by atoms with van der Waals surface area (Å²) in [5.41, 5.74) is 0.262. The molecule has 0 aliphatic carbocycles. The molecule has 13 nitrogen and oxygen atoms in total. The maximum absolute atomic E-state index is 13.2. The van der Waals surface area contributed by atoms with Crippen LogP contribution in [0.4, 0.5) is 13.2 Å². The van der Waals surface area contributed by atoms with E-state index in [-0.39, 0.29) is 36.7 Å². The molecule has 0 aliphatic heterocycles. The number of H-pyrrole nitrogens is 1. The van der Waals surface area contributed by atoms with E-state index in [1.807, 2.05) is 24.3 Å². The first-order valence-corrected chi connectivity index (χ1v) is 13.3. The maximum atomic E-state index is 13.2. The van der Waals surface area contributed by atoms with Gasteiger partial charge in [0.25, 0.3) is 11.8 Å². The van der Waals surface area contributed by atoms with Crippen LogP contribution in [0.15, 0.2) is 55.0 Å². The highest BCUT2D eigenvalue weighted by Gasteiger charge is 2.31. The van der Waals surface area contributed by atoms with Crippen molar-refractivity contribution in [1.29, 1.82) is 0 Å². The van der Waals surface area contributed by atoms with Crippen LogP contribution < -0.4 is 10.1 Å². The van der Waals surface area contributed by atoms with E-state index in [0.29, 0.717) is 38.3 Å². The predicted molar refractivity (Wildman–Crippen MR) is 145 cm³/mol. The number of hydrogen-bond donors (Lipinski definition) is 2. The number of carbonyl (C=O) groups excluding carboxylic acids is 2. The number of unbranched alkanes of at least 4 members (excludes halogenated alkanes) is 1. The Balaban J connectivity index is 1.28. The number of pyridine rings is 1. The van der Waals surface area contributed by atoms with Crippen LogP contribution in [0.5, 0.6) is 5.75 Å². The molecule has 0 saturated heterocycles. The van der Waals surface area contributed by atoms with Gasteiger partial charge >= 0.3 is 6.18 Å². The van der Waals surface area contributed by atoms with Crippen LogP contribution in [-0.2, 0) is 30.5 Å². The lowest BCUT2D eigenvalue weighted by atomic mass is 10.2. The molecule has 3 aromatic heterocycles. The average Bonchev–Trinajstić information content (AvgIpc) is 3.70. The molecular weight excluding hydrogens is 571 g/mol. The van der Waals surface area contributed by atoms with Crippen molar-refractivity contribution < 1.29 is 32.2 Å². The fourth-order valence-electron chi connectivity index (χ4n) is 4.00. The van der Waals surface area contributed by atoms with Gasteiger partial charge in [0, 0.05) is 32.9 Å². The quantitative estimate of drug-likeness (QED) is 0.196. The summed E-state index contributed by atoms with van der Waals surface area (Å²) in [7, 11) is 1.59. The van der Waals surface area contributed by atoms with E-state index >= 15 is 0 Å². The number of nitrogens with zero attached hydrogens (tertiary/aromatic N) is 7. The molecule has 4 rings (SSSR count). The number of halogens is 3. The molecule has 2 N–H and O–H groups in total. The Labute approximate surface area is 244 Å². The lowest BCUT2D eigenvalue weighted by Gasteiger charge is -2.21.